The molecule has 0 fully saturated rings. The van der Waals surface area contributed by atoms with Crippen LogP contribution in [0.2, 0.25) is 0 Å². The van der Waals surface area contributed by atoms with E-state index >= 15 is 0 Å². The van der Waals surface area contributed by atoms with E-state index in [1.807, 2.05) is 19.1 Å². The van der Waals surface area contributed by atoms with Crippen molar-refractivity contribution in [1.29, 1.82) is 0 Å². The maximum Gasteiger partial charge on any atom is 0.223 e. The molecule has 3 nitrogen and oxygen atoms in total. The zero-order valence-electron chi connectivity index (χ0n) is 8.42. The summed E-state index contributed by atoms with van der Waals surface area (Å²) in [6.45, 7) is 2.38. The predicted molar refractivity (Wildman–Crippen MR) is 55.3 cm³/mol. The van der Waals surface area contributed by atoms with Crippen LogP contribution in [0, 0.1) is 6.92 Å². The molecule has 0 atom stereocenters. The minimum absolute atomic E-state index is 0.0362. The number of carbonyl (C=O) groups is 1. The van der Waals surface area contributed by atoms with Gasteiger partial charge in [0.1, 0.15) is 11.5 Å². The van der Waals surface area contributed by atoms with Gasteiger partial charge < -0.3 is 9.32 Å². The summed E-state index contributed by atoms with van der Waals surface area (Å²) in [7, 11) is 1.74. The zero-order valence-corrected chi connectivity index (χ0v) is 9.17. The molecule has 0 saturated heterocycles. The van der Waals surface area contributed by atoms with Crippen molar-refractivity contribution in [1.82, 2.24) is 4.90 Å². The highest BCUT2D eigenvalue weighted by Crippen LogP contribution is 2.09. The van der Waals surface area contributed by atoms with Crippen molar-refractivity contribution in [3.8, 4) is 0 Å². The van der Waals surface area contributed by atoms with Gasteiger partial charge in [0, 0.05) is 19.3 Å². The molecule has 0 spiro atoms. The molecule has 1 aromatic heterocycles. The molecule has 78 valence electrons. The lowest BCUT2D eigenvalue weighted by Gasteiger charge is -2.14. The topological polar surface area (TPSA) is 33.5 Å². The summed E-state index contributed by atoms with van der Waals surface area (Å²) in [6.07, 6.45) is 0.373. The van der Waals surface area contributed by atoms with Gasteiger partial charge in [-0.15, -0.1) is 11.6 Å². The summed E-state index contributed by atoms with van der Waals surface area (Å²) in [5.74, 6) is 2.06. The van der Waals surface area contributed by atoms with E-state index in [0.29, 0.717) is 18.8 Å². The van der Waals surface area contributed by atoms with E-state index in [1.165, 1.54) is 0 Å². The van der Waals surface area contributed by atoms with Crippen molar-refractivity contribution in [2.24, 2.45) is 0 Å². The number of amides is 1. The summed E-state index contributed by atoms with van der Waals surface area (Å²) < 4.78 is 5.36. The highest BCUT2D eigenvalue weighted by Gasteiger charge is 2.09. The summed E-state index contributed by atoms with van der Waals surface area (Å²) in [5.41, 5.74) is 0. The third-order valence-electron chi connectivity index (χ3n) is 1.92. The molecule has 0 saturated carbocycles. The number of hydrogen-bond acceptors (Lipinski definition) is 2. The van der Waals surface area contributed by atoms with Gasteiger partial charge in [0.15, 0.2) is 0 Å². The van der Waals surface area contributed by atoms with Gasteiger partial charge in [0.2, 0.25) is 5.91 Å². The Morgan fingerprint density at radius 1 is 1.57 bits per heavy atom. The zero-order chi connectivity index (χ0) is 10.6. The normalized spacial score (nSPS) is 10.2. The standard InChI is InChI=1S/C10H14ClNO2/c1-8-3-4-9(14-8)7-12(2)10(13)5-6-11/h3-4H,5-7H2,1-2H3. The SMILES string of the molecule is Cc1ccc(CN(C)C(=O)CCCl)o1. The maximum absolute atomic E-state index is 11.4. The quantitative estimate of drug-likeness (QED) is 0.722. The Bertz CT molecular complexity index is 309. The molecule has 0 aliphatic carbocycles. The Balaban J connectivity index is 2.48. The number of carbonyl (C=O) groups excluding carboxylic acids is 1. The first kappa shape index (κ1) is 11.1. The molecule has 0 aliphatic rings. The van der Waals surface area contributed by atoms with E-state index in [1.54, 1.807) is 11.9 Å². The second-order valence-corrected chi connectivity index (χ2v) is 3.58. The summed E-state index contributed by atoms with van der Waals surface area (Å²) >= 11 is 5.48. The molecule has 1 rings (SSSR count). The number of halogens is 1. The van der Waals surface area contributed by atoms with E-state index in [9.17, 15) is 4.79 Å². The maximum atomic E-state index is 11.4. The van der Waals surface area contributed by atoms with Gasteiger partial charge in [-0.1, -0.05) is 0 Å². The van der Waals surface area contributed by atoms with Crippen LogP contribution >= 0.6 is 11.6 Å². The number of rotatable bonds is 4. The van der Waals surface area contributed by atoms with Crippen LogP contribution in [0.25, 0.3) is 0 Å². The van der Waals surface area contributed by atoms with Crippen LogP contribution in [0.4, 0.5) is 0 Å². The number of nitrogens with zero attached hydrogens (tertiary/aromatic N) is 1. The number of aryl methyl sites for hydroxylation is 1. The summed E-state index contributed by atoms with van der Waals surface area (Å²) in [4.78, 5) is 13.0. The minimum atomic E-state index is 0.0362. The van der Waals surface area contributed by atoms with E-state index in [0.717, 1.165) is 11.5 Å². The lowest BCUT2D eigenvalue weighted by molar-refractivity contribution is -0.130. The van der Waals surface area contributed by atoms with E-state index in [4.69, 9.17) is 16.0 Å². The van der Waals surface area contributed by atoms with Crippen molar-refractivity contribution in [3.63, 3.8) is 0 Å². The molecule has 0 bridgehead atoms. The van der Waals surface area contributed by atoms with Gasteiger partial charge in [-0.2, -0.15) is 0 Å². The molecule has 0 aliphatic heterocycles. The Labute approximate surface area is 88.6 Å². The molecule has 0 N–H and O–H groups in total. The van der Waals surface area contributed by atoms with Gasteiger partial charge in [-0.05, 0) is 19.1 Å². The molecule has 1 amide bonds. The molecule has 1 heterocycles. The molecule has 0 radical (unpaired) electrons. The molecule has 0 aromatic carbocycles. The fourth-order valence-electron chi connectivity index (χ4n) is 1.16. The van der Waals surface area contributed by atoms with E-state index in [2.05, 4.69) is 0 Å². The first-order valence-electron chi connectivity index (χ1n) is 4.48. The Morgan fingerprint density at radius 2 is 2.29 bits per heavy atom. The van der Waals surface area contributed by atoms with E-state index < -0.39 is 0 Å². The number of alkyl halides is 1. The Morgan fingerprint density at radius 3 is 2.79 bits per heavy atom. The third kappa shape index (κ3) is 3.07. The lowest BCUT2D eigenvalue weighted by atomic mass is 10.3. The van der Waals surface area contributed by atoms with Gasteiger partial charge in [0.25, 0.3) is 0 Å². The highest BCUT2D eigenvalue weighted by atomic mass is 35.5. The summed E-state index contributed by atoms with van der Waals surface area (Å²) in [5, 5.41) is 0. The largest absolute Gasteiger partial charge is 0.464 e. The van der Waals surface area contributed by atoms with Crippen LogP contribution < -0.4 is 0 Å². The van der Waals surface area contributed by atoms with Crippen LogP contribution in [-0.2, 0) is 11.3 Å². The monoisotopic (exact) mass is 215 g/mol. The number of hydrogen-bond donors (Lipinski definition) is 0. The first-order valence-corrected chi connectivity index (χ1v) is 5.02. The van der Waals surface area contributed by atoms with Crippen molar-refractivity contribution >= 4 is 17.5 Å². The molecule has 14 heavy (non-hydrogen) atoms. The van der Waals surface area contributed by atoms with E-state index in [-0.39, 0.29) is 5.91 Å². The van der Waals surface area contributed by atoms with Crippen LogP contribution in [0.3, 0.4) is 0 Å². The second kappa shape index (κ2) is 5.05. The van der Waals surface area contributed by atoms with Crippen LogP contribution in [0.1, 0.15) is 17.9 Å². The fraction of sp³-hybridized carbons (Fsp3) is 0.500. The van der Waals surface area contributed by atoms with Gasteiger partial charge in [0.05, 0.1) is 6.54 Å². The molecule has 1 aromatic rings. The Kier molecular flexibility index (Phi) is 4.01. The third-order valence-corrected chi connectivity index (χ3v) is 2.11. The molecular formula is C10H14ClNO2. The van der Waals surface area contributed by atoms with Crippen LogP contribution in [0.5, 0.6) is 0 Å². The van der Waals surface area contributed by atoms with Crippen molar-refractivity contribution < 1.29 is 9.21 Å². The van der Waals surface area contributed by atoms with Crippen LogP contribution in [-0.4, -0.2) is 23.7 Å². The van der Waals surface area contributed by atoms with Gasteiger partial charge >= 0.3 is 0 Å². The van der Waals surface area contributed by atoms with Gasteiger partial charge in [-0.25, -0.2) is 0 Å². The van der Waals surface area contributed by atoms with Crippen molar-refractivity contribution in [2.45, 2.75) is 19.9 Å². The minimum Gasteiger partial charge on any atom is -0.464 e. The molecular weight excluding hydrogens is 202 g/mol. The van der Waals surface area contributed by atoms with Crippen molar-refractivity contribution in [3.05, 3.63) is 23.7 Å². The Hall–Kier alpha value is -0.960. The first-order chi connectivity index (χ1) is 6.63. The average molecular weight is 216 g/mol. The smallest absolute Gasteiger partial charge is 0.223 e. The fourth-order valence-corrected chi connectivity index (χ4v) is 1.33. The number of furan rings is 1. The molecule has 4 heteroatoms. The molecule has 0 unspecified atom stereocenters. The second-order valence-electron chi connectivity index (χ2n) is 3.20. The lowest BCUT2D eigenvalue weighted by Crippen LogP contribution is -2.25. The highest BCUT2D eigenvalue weighted by molar-refractivity contribution is 6.18. The average Bonchev–Trinajstić information content (AvgIpc) is 2.51. The van der Waals surface area contributed by atoms with Gasteiger partial charge in [-0.3, -0.25) is 4.79 Å². The predicted octanol–water partition coefficient (Wildman–Crippen LogP) is 2.18. The van der Waals surface area contributed by atoms with Crippen molar-refractivity contribution in [2.75, 3.05) is 12.9 Å². The van der Waals surface area contributed by atoms with Crippen LogP contribution in [0.15, 0.2) is 16.5 Å². The summed E-state index contributed by atoms with van der Waals surface area (Å²) in [6, 6.07) is 3.76.